The second kappa shape index (κ2) is 38.5. The summed E-state index contributed by atoms with van der Waals surface area (Å²) < 4.78 is 99.4. The molecule has 0 aliphatic carbocycles. The fraction of sp³-hybridized carbons (Fsp3) is 0.950. The minimum absolute atomic E-state index is 0.916. The van der Waals surface area contributed by atoms with Crippen LogP contribution < -0.4 is 16.0 Å². The highest BCUT2D eigenvalue weighted by molar-refractivity contribution is 5.74. The Morgan fingerprint density at radius 3 is 1.05 bits per heavy atom. The van der Waals surface area contributed by atoms with E-state index in [1.807, 2.05) is 0 Å². The first kappa shape index (κ1) is 88.7. The zero-order chi connectivity index (χ0) is 79.5. The molecule has 0 spiro atoms. The minimum atomic E-state index is -2.37. The summed E-state index contributed by atoms with van der Waals surface area (Å²) in [7, 11) is 0. The van der Waals surface area contributed by atoms with Gasteiger partial charge in [-0.25, -0.2) is 0 Å². The van der Waals surface area contributed by atoms with Gasteiger partial charge in [0.2, 0.25) is 17.7 Å². The summed E-state index contributed by atoms with van der Waals surface area (Å²) >= 11 is 0. The Bertz CT molecular complexity index is 2820. The number of carbonyl (C=O) groups excluding carboxylic acids is 3. The first-order valence-corrected chi connectivity index (χ1v) is 34.5. The lowest BCUT2D eigenvalue weighted by molar-refractivity contribution is -0.390. The van der Waals surface area contributed by atoms with Crippen LogP contribution in [-0.2, 0) is 94.9 Å². The van der Waals surface area contributed by atoms with Gasteiger partial charge in [-0.3, -0.25) is 14.4 Å². The molecule has 48 heteroatoms. The Kier molecular flexibility index (Phi) is 31.6. The number of ether oxygens (including phenoxy) is 17. The Morgan fingerprint density at radius 2 is 0.565 bits per heavy atom. The second-order valence-corrected chi connectivity index (χ2v) is 27.4. The van der Waals surface area contributed by atoms with E-state index in [4.69, 9.17) is 80.5 Å². The van der Waals surface area contributed by atoms with Crippen LogP contribution in [0.5, 0.6) is 0 Å². The van der Waals surface area contributed by atoms with Gasteiger partial charge in [-0.1, -0.05) is 0 Å². The van der Waals surface area contributed by atoms with E-state index < -0.39 is 347 Å². The monoisotopic (exact) mass is 1580 g/mol. The molecule has 9 aliphatic heterocycles. The molecule has 9 rings (SSSR count). The maximum Gasteiger partial charge on any atom is 0.217 e. The van der Waals surface area contributed by atoms with Crippen LogP contribution in [0.2, 0.25) is 0 Å². The number of rotatable bonds is 27. The summed E-state index contributed by atoms with van der Waals surface area (Å²) in [6.07, 6.45) is -84.1. The molecule has 108 heavy (non-hydrogen) atoms. The van der Waals surface area contributed by atoms with Crippen LogP contribution in [0.3, 0.4) is 0 Å². The van der Waals surface area contributed by atoms with Gasteiger partial charge in [-0.2, -0.15) is 0 Å². The summed E-state index contributed by atoms with van der Waals surface area (Å²) in [5.74, 6) is -2.79. The number of carbonyl (C=O) groups is 3. The first-order valence-electron chi connectivity index (χ1n) is 34.5. The third-order valence-electron chi connectivity index (χ3n) is 19.9. The highest BCUT2D eigenvalue weighted by Crippen LogP contribution is 2.40. The van der Waals surface area contributed by atoms with E-state index in [1.54, 1.807) is 0 Å². The van der Waals surface area contributed by atoms with Gasteiger partial charge >= 0.3 is 0 Å². The molecule has 0 aromatic carbocycles. The van der Waals surface area contributed by atoms with E-state index >= 15 is 0 Å². The Balaban J connectivity index is 0.953. The number of nitrogens with one attached hydrogen (secondary N) is 3. The molecule has 0 saturated carbocycles. The molecule has 3 amide bonds. The highest BCUT2D eigenvalue weighted by Gasteiger charge is 2.61. The molecule has 0 aromatic rings. The average Bonchev–Trinajstić information content (AvgIpc) is 0.769. The van der Waals surface area contributed by atoms with Gasteiger partial charge in [0, 0.05) is 20.8 Å². The fourth-order valence-electron chi connectivity index (χ4n) is 14.0. The molecule has 9 fully saturated rings. The molecule has 0 aromatic heterocycles. The molecule has 48 nitrogen and oxygen atoms in total. The highest BCUT2D eigenvalue weighted by atomic mass is 16.8. The zero-order valence-electron chi connectivity index (χ0n) is 58.0. The molecule has 9 saturated heterocycles. The topological polar surface area (TPSA) is 750 Å². The number of hydrogen-bond donors (Lipinski definition) is 28. The van der Waals surface area contributed by atoms with Crippen LogP contribution in [-0.4, -0.2) is 474 Å². The summed E-state index contributed by atoms with van der Waals surface area (Å²) in [6.45, 7) is -4.39. The van der Waals surface area contributed by atoms with Crippen LogP contribution in [0.25, 0.3) is 0 Å². The van der Waals surface area contributed by atoms with Gasteiger partial charge in [-0.15, -0.1) is 0 Å². The lowest BCUT2D eigenvalue weighted by Crippen LogP contribution is -2.71. The van der Waals surface area contributed by atoms with E-state index in [1.165, 1.54) is 6.92 Å². The number of hydrogen-bond acceptors (Lipinski definition) is 45. The standard InChI is InChI=1S/C60H101N3O45/c1-13-28(74)36(82)41(87)56(93-13)108-51-38(84)30(76)18(6-65)98-60(51)105-48-27(63-16(4)73)55(95-19(7-66)31(48)77)107-49-32(78)20(8-67)97-58(43(49)89)103-45-22(10-69)99-53(25(34(45)80)61-14(2)71)92-12-24-33(79)50(44(90)59(101-24)104-47-21(9-68)94-52(91)40(86)39(47)85)106-54-26(62-15(3)72)35(81)46(23(11-70)100-54)102-57-42(88)37(83)29(75)17(5-64)96-57/h13,17-60,64-70,74-91H,5-12H2,1-4H3,(H,61,71)(H,62,72)(H,63,73)/t13-,17+,18+,19+,20+,21+,22+,23+,24+,25+,26+,27+,28+,29-,30-,31+,32-,33-,34+,35+,36+,37-,38-,39+,40+,41-,42+,43+,44+,45+,46+,47+,48+,49-,50-,51+,52?,53+,54-,55-,56-,57-,58-,59-,60-/m0/s1. The predicted octanol–water partition coefficient (Wildman–Crippen LogP) is -19.2. The van der Waals surface area contributed by atoms with E-state index in [9.17, 15) is 142 Å². The van der Waals surface area contributed by atoms with E-state index in [-0.39, 0.29) is 0 Å². The Hall–Kier alpha value is -3.27. The normalized spacial score (nSPS) is 50.4. The molecular formula is C60H101N3O45. The van der Waals surface area contributed by atoms with Gasteiger partial charge in [0.25, 0.3) is 0 Å². The largest absolute Gasteiger partial charge is 0.394 e. The summed E-state index contributed by atoms with van der Waals surface area (Å²) in [4.78, 5) is 38.9. The van der Waals surface area contributed by atoms with Gasteiger partial charge in [-0.05, 0) is 6.92 Å². The van der Waals surface area contributed by atoms with Gasteiger partial charge in [0.1, 0.15) is 213 Å². The van der Waals surface area contributed by atoms with Crippen molar-refractivity contribution in [1.82, 2.24) is 16.0 Å². The van der Waals surface area contributed by atoms with Gasteiger partial charge in [0.15, 0.2) is 56.6 Å². The average molecular weight is 1580 g/mol. The maximum absolute atomic E-state index is 13.1. The minimum Gasteiger partial charge on any atom is -0.394 e. The van der Waals surface area contributed by atoms with Crippen molar-refractivity contribution in [1.29, 1.82) is 0 Å². The van der Waals surface area contributed by atoms with Gasteiger partial charge in [0.05, 0.1) is 59.0 Å². The molecule has 9 heterocycles. The first-order chi connectivity index (χ1) is 51.1. The Labute approximate surface area is 611 Å². The third kappa shape index (κ3) is 19.1. The smallest absolute Gasteiger partial charge is 0.217 e. The summed E-state index contributed by atoms with van der Waals surface area (Å²) in [6, 6.07) is -5.67. The molecule has 45 atom stereocenters. The van der Waals surface area contributed by atoms with Crippen molar-refractivity contribution >= 4 is 17.7 Å². The van der Waals surface area contributed by atoms with Crippen molar-refractivity contribution in [3.8, 4) is 0 Å². The van der Waals surface area contributed by atoms with Crippen LogP contribution in [0, 0.1) is 0 Å². The molecule has 1 unspecified atom stereocenters. The van der Waals surface area contributed by atoms with E-state index in [0.717, 1.165) is 20.8 Å². The van der Waals surface area contributed by atoms with Crippen molar-refractivity contribution < 1.29 is 223 Å². The zero-order valence-corrected chi connectivity index (χ0v) is 58.0. The molecule has 626 valence electrons. The predicted molar refractivity (Wildman–Crippen MR) is 330 cm³/mol. The van der Waals surface area contributed by atoms with Gasteiger partial charge < -0.3 is 224 Å². The van der Waals surface area contributed by atoms with Crippen molar-refractivity contribution in [2.75, 3.05) is 52.9 Å². The van der Waals surface area contributed by atoms with Crippen LogP contribution in [0.1, 0.15) is 27.7 Å². The summed E-state index contributed by atoms with van der Waals surface area (Å²) in [5.41, 5.74) is 0. The lowest BCUT2D eigenvalue weighted by atomic mass is 9.94. The SMILES string of the molecule is CC(=O)N[C@H]1[C@H](O[C@H]2[C@@H](O)[C@@H](CO[C@@H]3O[C@H](CO)[C@@H](O[C@@H]4O[C@H](CO)[C@H](O)[C@H](O[C@@H]5O[C@H](CO)[C@@H](O)[C@H](O[C@@H]6O[C@H](CO)[C@H](O)[C@H](O)[C@H]6O[C@@H]6O[C@@H](C)[C@@H](O)[C@@H](O)[C@@H]6O)[C@H]5NC(C)=O)[C@H]4O)[C@H](O)[C@H]3NC(C)=O)O[C@@H](O[C@H]3[C@H](O)[C@@H](O)C(O)O[C@@H]3CO)[C@@H]2O)O[C@H](CO)[C@@H](O[C@@H]2O[C@H](CO)[C@H](O)[C@H](O)[C@H]2O)[C@@H]1O. The van der Waals surface area contributed by atoms with Crippen molar-refractivity contribution in [2.24, 2.45) is 0 Å². The van der Waals surface area contributed by atoms with E-state index in [2.05, 4.69) is 16.0 Å². The number of amides is 3. The van der Waals surface area contributed by atoms with Crippen molar-refractivity contribution in [2.45, 2.75) is 304 Å². The Morgan fingerprint density at radius 1 is 0.259 bits per heavy atom. The number of aliphatic hydroxyl groups is 25. The lowest BCUT2D eigenvalue weighted by Gasteiger charge is -2.51. The summed E-state index contributed by atoms with van der Waals surface area (Å²) in [5, 5.41) is 282. The maximum atomic E-state index is 13.1. The fourth-order valence-corrected chi connectivity index (χ4v) is 14.0. The molecule has 0 radical (unpaired) electrons. The van der Waals surface area contributed by atoms with Crippen LogP contribution >= 0.6 is 0 Å². The number of aliphatic hydroxyl groups excluding tert-OH is 25. The molecule has 0 bridgehead atoms. The third-order valence-corrected chi connectivity index (χ3v) is 19.9. The van der Waals surface area contributed by atoms with Crippen LogP contribution in [0.15, 0.2) is 0 Å². The van der Waals surface area contributed by atoms with Crippen molar-refractivity contribution in [3.05, 3.63) is 0 Å². The van der Waals surface area contributed by atoms with Crippen molar-refractivity contribution in [3.63, 3.8) is 0 Å². The van der Waals surface area contributed by atoms with Crippen LogP contribution in [0.4, 0.5) is 0 Å². The molecular weight excluding hydrogens is 1480 g/mol. The molecule has 9 aliphatic rings. The second-order valence-electron chi connectivity index (χ2n) is 27.4. The quantitative estimate of drug-likeness (QED) is 0.0363. The molecule has 28 N–H and O–H groups in total. The van der Waals surface area contributed by atoms with E-state index in [0.29, 0.717) is 0 Å².